The number of nitrogens with one attached hydrogen (secondary N) is 2. The molecule has 0 bridgehead atoms. The van der Waals surface area contributed by atoms with Gasteiger partial charge in [0, 0.05) is 37.4 Å². The maximum absolute atomic E-state index is 12.1. The molecule has 0 radical (unpaired) electrons. The summed E-state index contributed by atoms with van der Waals surface area (Å²) in [7, 11) is 0. The number of fused-ring (bicyclic) bond motifs is 1. The molecule has 30 heavy (non-hydrogen) atoms. The number of nitrogens with zero attached hydrogens (tertiary/aromatic N) is 1. The van der Waals surface area contributed by atoms with Crippen LogP contribution in [0.2, 0.25) is 0 Å². The smallest absolute Gasteiger partial charge is 0.326 e. The van der Waals surface area contributed by atoms with Crippen LogP contribution in [0.25, 0.3) is 0 Å². The summed E-state index contributed by atoms with van der Waals surface area (Å²) in [6.07, 6.45) is 5.20. The number of ether oxygens (including phenoxy) is 1. The minimum atomic E-state index is -1.06. The number of benzene rings is 1. The van der Waals surface area contributed by atoms with Crippen LogP contribution in [-0.4, -0.2) is 47.8 Å². The maximum Gasteiger partial charge on any atom is 0.326 e. The fourth-order valence-electron chi connectivity index (χ4n) is 3.41. The lowest BCUT2D eigenvalue weighted by molar-refractivity contribution is -0.139. The third kappa shape index (κ3) is 6.56. The van der Waals surface area contributed by atoms with E-state index >= 15 is 0 Å². The standard InChI is InChI=1S/C23H29N3O4/c27-22(18-7-2-1-3-8-18)26-20(23(28)29)13-16-30-15-5-4-10-19-12-11-17-9-6-14-24-21(17)25-19/h1-3,7-8,11-12,20H,4-6,9-10,13-16H2,(H,24,25)(H,26,27)(H,28,29). The number of carboxylic acids is 1. The number of amides is 1. The number of aromatic nitrogens is 1. The highest BCUT2D eigenvalue weighted by Crippen LogP contribution is 2.20. The number of carbonyl (C=O) groups excluding carboxylic acids is 1. The van der Waals surface area contributed by atoms with Crippen molar-refractivity contribution in [3.8, 4) is 0 Å². The normalized spacial score (nSPS) is 13.7. The largest absolute Gasteiger partial charge is 0.480 e. The van der Waals surface area contributed by atoms with E-state index in [0.717, 1.165) is 50.2 Å². The number of anilines is 1. The Labute approximate surface area is 176 Å². The molecule has 0 aliphatic carbocycles. The molecule has 1 unspecified atom stereocenters. The van der Waals surface area contributed by atoms with Gasteiger partial charge >= 0.3 is 5.97 Å². The number of hydrogen-bond acceptors (Lipinski definition) is 5. The van der Waals surface area contributed by atoms with Crippen molar-refractivity contribution < 1.29 is 19.4 Å². The van der Waals surface area contributed by atoms with Gasteiger partial charge in [0.15, 0.2) is 0 Å². The summed E-state index contributed by atoms with van der Waals surface area (Å²) >= 11 is 0. The van der Waals surface area contributed by atoms with Gasteiger partial charge in [-0.1, -0.05) is 24.3 Å². The molecule has 1 atom stereocenters. The van der Waals surface area contributed by atoms with E-state index in [2.05, 4.69) is 27.8 Å². The van der Waals surface area contributed by atoms with Crippen LogP contribution < -0.4 is 10.6 Å². The van der Waals surface area contributed by atoms with Gasteiger partial charge < -0.3 is 20.5 Å². The van der Waals surface area contributed by atoms with Crippen molar-refractivity contribution in [1.29, 1.82) is 0 Å². The lowest BCUT2D eigenvalue weighted by Crippen LogP contribution is -2.41. The molecule has 0 saturated carbocycles. The molecule has 0 saturated heterocycles. The molecule has 7 nitrogen and oxygen atoms in total. The molecule has 1 aliphatic rings. The predicted octanol–water partition coefficient (Wildman–Crippen LogP) is 3.05. The number of carboxylic acid groups (broad SMARTS) is 1. The Morgan fingerprint density at radius 1 is 1.13 bits per heavy atom. The van der Waals surface area contributed by atoms with Crippen molar-refractivity contribution in [2.45, 2.75) is 44.6 Å². The summed E-state index contributed by atoms with van der Waals surface area (Å²) in [6.45, 7) is 1.83. The minimum absolute atomic E-state index is 0.228. The molecular formula is C23H29N3O4. The van der Waals surface area contributed by atoms with Gasteiger partial charge in [-0.05, 0) is 55.9 Å². The van der Waals surface area contributed by atoms with E-state index in [9.17, 15) is 14.7 Å². The SMILES string of the molecule is O=C(NC(CCOCCCCc1ccc2c(n1)NCCC2)C(=O)O)c1ccccc1. The highest BCUT2D eigenvalue weighted by molar-refractivity contribution is 5.96. The Morgan fingerprint density at radius 3 is 2.77 bits per heavy atom. The van der Waals surface area contributed by atoms with Gasteiger partial charge in [-0.15, -0.1) is 0 Å². The molecule has 160 valence electrons. The Kier molecular flexibility index (Phi) is 8.20. The first kappa shape index (κ1) is 21.8. The van der Waals surface area contributed by atoms with Crippen LogP contribution in [0.4, 0.5) is 5.82 Å². The van der Waals surface area contributed by atoms with Crippen LogP contribution in [0.5, 0.6) is 0 Å². The number of unbranched alkanes of at least 4 members (excludes halogenated alkanes) is 1. The summed E-state index contributed by atoms with van der Waals surface area (Å²) < 4.78 is 5.58. The van der Waals surface area contributed by atoms with E-state index in [-0.39, 0.29) is 13.0 Å². The van der Waals surface area contributed by atoms with Crippen LogP contribution in [-0.2, 0) is 22.4 Å². The van der Waals surface area contributed by atoms with E-state index in [1.54, 1.807) is 30.3 Å². The first-order valence-corrected chi connectivity index (χ1v) is 10.5. The fraction of sp³-hybridized carbons (Fsp3) is 0.435. The first-order chi connectivity index (χ1) is 14.6. The topological polar surface area (TPSA) is 101 Å². The van der Waals surface area contributed by atoms with Crippen LogP contribution in [0.15, 0.2) is 42.5 Å². The molecule has 3 N–H and O–H groups in total. The highest BCUT2D eigenvalue weighted by Gasteiger charge is 2.20. The molecule has 1 aromatic carbocycles. The van der Waals surface area contributed by atoms with Crippen LogP contribution in [0.1, 0.15) is 47.3 Å². The minimum Gasteiger partial charge on any atom is -0.480 e. The second-order valence-corrected chi connectivity index (χ2v) is 7.43. The summed E-state index contributed by atoms with van der Waals surface area (Å²) in [5, 5.41) is 15.2. The molecule has 2 heterocycles. The number of carbonyl (C=O) groups is 2. The molecule has 0 spiro atoms. The molecule has 0 fully saturated rings. The molecule has 1 amide bonds. The average Bonchev–Trinajstić information content (AvgIpc) is 2.77. The second kappa shape index (κ2) is 11.3. The zero-order valence-electron chi connectivity index (χ0n) is 17.1. The monoisotopic (exact) mass is 411 g/mol. The third-order valence-electron chi connectivity index (χ3n) is 5.11. The Hall–Kier alpha value is -2.93. The lowest BCUT2D eigenvalue weighted by Gasteiger charge is -2.17. The highest BCUT2D eigenvalue weighted by atomic mass is 16.5. The summed E-state index contributed by atoms with van der Waals surface area (Å²) in [5.74, 6) is -0.433. The molecule has 2 aromatic rings. The third-order valence-corrected chi connectivity index (χ3v) is 5.11. The van der Waals surface area contributed by atoms with Crippen molar-refractivity contribution in [1.82, 2.24) is 10.3 Å². The molecule has 7 heteroatoms. The molecule has 3 rings (SSSR count). The Bertz CT molecular complexity index is 842. The zero-order chi connectivity index (χ0) is 21.2. The van der Waals surface area contributed by atoms with Gasteiger partial charge in [-0.2, -0.15) is 0 Å². The maximum atomic E-state index is 12.1. The lowest BCUT2D eigenvalue weighted by atomic mass is 10.1. The van der Waals surface area contributed by atoms with Crippen molar-refractivity contribution in [2.24, 2.45) is 0 Å². The van der Waals surface area contributed by atoms with Gasteiger partial charge in [0.1, 0.15) is 11.9 Å². The van der Waals surface area contributed by atoms with Gasteiger partial charge in [0.2, 0.25) is 0 Å². The molecule has 1 aliphatic heterocycles. The number of pyridine rings is 1. The zero-order valence-corrected chi connectivity index (χ0v) is 17.1. The van der Waals surface area contributed by atoms with E-state index in [4.69, 9.17) is 4.74 Å². The van der Waals surface area contributed by atoms with Crippen molar-refractivity contribution in [3.05, 3.63) is 59.3 Å². The van der Waals surface area contributed by atoms with Crippen LogP contribution >= 0.6 is 0 Å². The molecule has 1 aromatic heterocycles. The quantitative estimate of drug-likeness (QED) is 0.492. The van der Waals surface area contributed by atoms with Gasteiger partial charge in [0.25, 0.3) is 5.91 Å². The van der Waals surface area contributed by atoms with Gasteiger partial charge in [-0.25, -0.2) is 9.78 Å². The van der Waals surface area contributed by atoms with E-state index in [0.29, 0.717) is 12.2 Å². The average molecular weight is 412 g/mol. The number of hydrogen-bond donors (Lipinski definition) is 3. The summed E-state index contributed by atoms with van der Waals surface area (Å²) in [5.41, 5.74) is 2.81. The fourth-order valence-corrected chi connectivity index (χ4v) is 3.41. The van der Waals surface area contributed by atoms with E-state index in [1.165, 1.54) is 5.56 Å². The second-order valence-electron chi connectivity index (χ2n) is 7.43. The number of aryl methyl sites for hydroxylation is 2. The molecular weight excluding hydrogens is 382 g/mol. The van der Waals surface area contributed by atoms with Crippen LogP contribution in [0.3, 0.4) is 0 Å². The van der Waals surface area contributed by atoms with Crippen molar-refractivity contribution in [3.63, 3.8) is 0 Å². The van der Waals surface area contributed by atoms with Crippen molar-refractivity contribution in [2.75, 3.05) is 25.1 Å². The first-order valence-electron chi connectivity index (χ1n) is 10.5. The summed E-state index contributed by atoms with van der Waals surface area (Å²) in [4.78, 5) is 28.2. The van der Waals surface area contributed by atoms with Gasteiger partial charge in [0.05, 0.1) is 0 Å². The van der Waals surface area contributed by atoms with Crippen molar-refractivity contribution >= 4 is 17.7 Å². The number of rotatable bonds is 11. The Balaban J connectivity index is 1.31. The van der Waals surface area contributed by atoms with Gasteiger partial charge in [-0.3, -0.25) is 4.79 Å². The predicted molar refractivity (Wildman–Crippen MR) is 115 cm³/mol. The van der Waals surface area contributed by atoms with E-state index in [1.807, 2.05) is 0 Å². The summed E-state index contributed by atoms with van der Waals surface area (Å²) in [6, 6.07) is 11.9. The Morgan fingerprint density at radius 2 is 1.97 bits per heavy atom. The number of aliphatic carboxylic acids is 1. The van der Waals surface area contributed by atoms with E-state index < -0.39 is 17.9 Å². The van der Waals surface area contributed by atoms with Crippen LogP contribution in [0, 0.1) is 0 Å².